The van der Waals surface area contributed by atoms with Gasteiger partial charge in [0.25, 0.3) is 0 Å². The molecule has 2 saturated heterocycles. The zero-order valence-corrected chi connectivity index (χ0v) is 32.1. The first-order chi connectivity index (χ1) is 24.2. The number of carbonyl (C=O) groups is 5. The van der Waals surface area contributed by atoms with Gasteiger partial charge in [-0.15, -0.1) is 0 Å². The van der Waals surface area contributed by atoms with E-state index in [1.165, 1.54) is 0 Å². The molecule has 0 aromatic rings. The lowest BCUT2D eigenvalue weighted by atomic mass is 9.98. The molecule has 16 heteroatoms. The molecule has 0 aromatic heterocycles. The molecule has 2 fully saturated rings. The Bertz CT molecular complexity index is 1190. The fourth-order valence-corrected chi connectivity index (χ4v) is 5.35. The molecule has 300 valence electrons. The average molecular weight is 749 g/mol. The van der Waals surface area contributed by atoms with Gasteiger partial charge in [0.15, 0.2) is 18.3 Å². The molecule has 0 bridgehead atoms. The molecule has 10 atom stereocenters. The van der Waals surface area contributed by atoms with Gasteiger partial charge in [0.05, 0.1) is 18.4 Å². The van der Waals surface area contributed by atoms with Gasteiger partial charge in [-0.2, -0.15) is 0 Å². The molecule has 2 aliphatic rings. The van der Waals surface area contributed by atoms with E-state index in [0.29, 0.717) is 6.42 Å². The minimum atomic E-state index is -2.43. The lowest BCUT2D eigenvalue weighted by Gasteiger charge is -2.45. The van der Waals surface area contributed by atoms with Crippen LogP contribution in [0, 0.1) is 29.6 Å². The van der Waals surface area contributed by atoms with Gasteiger partial charge in [-0.1, -0.05) is 69.2 Å². The first kappa shape index (κ1) is 45.3. The molecule has 0 amide bonds. The van der Waals surface area contributed by atoms with E-state index in [4.69, 9.17) is 37.9 Å². The highest BCUT2D eigenvalue weighted by Gasteiger charge is 2.64. The van der Waals surface area contributed by atoms with Crippen molar-refractivity contribution in [1.29, 1.82) is 0 Å². The van der Waals surface area contributed by atoms with Crippen molar-refractivity contribution in [1.82, 2.24) is 0 Å². The number of ether oxygens (including phenoxy) is 8. The van der Waals surface area contributed by atoms with Crippen molar-refractivity contribution in [3.63, 3.8) is 0 Å². The van der Waals surface area contributed by atoms with Crippen molar-refractivity contribution in [3.05, 3.63) is 0 Å². The van der Waals surface area contributed by atoms with Crippen LogP contribution in [0.1, 0.15) is 94.9 Å². The minimum Gasteiger partial charge on any atom is -0.463 e. The number of esters is 5. The van der Waals surface area contributed by atoms with Crippen LogP contribution in [0.2, 0.25) is 0 Å². The van der Waals surface area contributed by atoms with Gasteiger partial charge >= 0.3 is 29.8 Å². The highest BCUT2D eigenvalue weighted by Crippen LogP contribution is 2.41. The summed E-state index contributed by atoms with van der Waals surface area (Å²) in [7, 11) is 0. The summed E-state index contributed by atoms with van der Waals surface area (Å²) in [5.74, 6) is -7.71. The SMILES string of the molecule is CC[C@H](C)C(=O)OC[C@@]1(O[C@H]2O[C@H](CO)[C@@H](O)[C@H](O)[C@H]2OC(=O)CC(C)C)O[C@H](COC(=O)CC(C)C)[C@@H](OC(=O)C(C)C)[C@@H]1OC(=O)CC(C)C. The van der Waals surface area contributed by atoms with E-state index in [9.17, 15) is 39.3 Å². The summed E-state index contributed by atoms with van der Waals surface area (Å²) in [6.07, 6.45) is -13.1. The van der Waals surface area contributed by atoms with Gasteiger partial charge in [0.1, 0.15) is 37.6 Å². The predicted octanol–water partition coefficient (Wildman–Crippen LogP) is 2.20. The number of rotatable bonds is 19. The van der Waals surface area contributed by atoms with Crippen LogP contribution in [0.25, 0.3) is 0 Å². The highest BCUT2D eigenvalue weighted by atomic mass is 16.8. The van der Waals surface area contributed by atoms with Crippen molar-refractivity contribution >= 4 is 29.8 Å². The normalized spacial score (nSPS) is 29.6. The Labute approximate surface area is 306 Å². The minimum absolute atomic E-state index is 0.0479. The van der Waals surface area contributed by atoms with Crippen molar-refractivity contribution < 1.29 is 77.2 Å². The van der Waals surface area contributed by atoms with E-state index in [1.807, 2.05) is 13.8 Å². The summed E-state index contributed by atoms with van der Waals surface area (Å²) in [4.78, 5) is 65.2. The van der Waals surface area contributed by atoms with E-state index in [1.54, 1.807) is 55.4 Å². The van der Waals surface area contributed by atoms with E-state index in [2.05, 4.69) is 0 Å². The van der Waals surface area contributed by atoms with Crippen LogP contribution in [-0.4, -0.2) is 120 Å². The predicted molar refractivity (Wildman–Crippen MR) is 181 cm³/mol. The number of hydrogen-bond donors (Lipinski definition) is 3. The average Bonchev–Trinajstić information content (AvgIpc) is 3.31. The molecule has 0 spiro atoms. The molecular weight excluding hydrogens is 688 g/mol. The van der Waals surface area contributed by atoms with Crippen molar-refractivity contribution in [2.45, 2.75) is 150 Å². The third-order valence-corrected chi connectivity index (χ3v) is 8.40. The number of hydrogen-bond acceptors (Lipinski definition) is 16. The summed E-state index contributed by atoms with van der Waals surface area (Å²) in [6, 6.07) is 0. The highest BCUT2D eigenvalue weighted by molar-refractivity contribution is 5.73. The molecule has 0 radical (unpaired) electrons. The van der Waals surface area contributed by atoms with Gasteiger partial charge in [-0.05, 0) is 24.2 Å². The number of carbonyl (C=O) groups excluding carboxylic acids is 5. The van der Waals surface area contributed by atoms with Crippen LogP contribution in [-0.2, 0) is 61.9 Å². The maximum atomic E-state index is 13.4. The third-order valence-electron chi connectivity index (χ3n) is 8.40. The molecule has 0 aromatic carbocycles. The molecule has 2 heterocycles. The second-order valence-corrected chi connectivity index (χ2v) is 15.1. The first-order valence-electron chi connectivity index (χ1n) is 18.1. The summed E-state index contributed by atoms with van der Waals surface area (Å²) in [5, 5.41) is 31.9. The monoisotopic (exact) mass is 748 g/mol. The van der Waals surface area contributed by atoms with E-state index in [-0.39, 0.29) is 37.0 Å². The Morgan fingerprint density at radius 3 is 1.77 bits per heavy atom. The summed E-state index contributed by atoms with van der Waals surface area (Å²) in [6.45, 7) is 15.1. The molecule has 0 unspecified atom stereocenters. The smallest absolute Gasteiger partial charge is 0.308 e. The molecular formula is C36H60O16. The van der Waals surface area contributed by atoms with E-state index in [0.717, 1.165) is 0 Å². The summed E-state index contributed by atoms with van der Waals surface area (Å²) < 4.78 is 47.1. The lowest BCUT2D eigenvalue weighted by molar-refractivity contribution is -0.384. The van der Waals surface area contributed by atoms with Crippen molar-refractivity contribution in [3.8, 4) is 0 Å². The lowest BCUT2D eigenvalue weighted by Crippen LogP contribution is -2.64. The Hall–Kier alpha value is -2.89. The number of aliphatic hydroxyl groups is 3. The fourth-order valence-electron chi connectivity index (χ4n) is 5.35. The maximum Gasteiger partial charge on any atom is 0.308 e. The van der Waals surface area contributed by atoms with Crippen molar-refractivity contribution in [2.24, 2.45) is 29.6 Å². The van der Waals surface area contributed by atoms with Crippen LogP contribution >= 0.6 is 0 Å². The van der Waals surface area contributed by atoms with Gasteiger partial charge in [0, 0.05) is 19.3 Å². The molecule has 3 N–H and O–H groups in total. The largest absolute Gasteiger partial charge is 0.463 e. The molecule has 2 rings (SSSR count). The second kappa shape index (κ2) is 20.5. The van der Waals surface area contributed by atoms with Gasteiger partial charge in [0.2, 0.25) is 12.1 Å². The topological polar surface area (TPSA) is 220 Å². The Kier molecular flexibility index (Phi) is 17.9. The van der Waals surface area contributed by atoms with Gasteiger partial charge in [-0.25, -0.2) is 0 Å². The fraction of sp³-hybridized carbons (Fsp3) is 0.861. The molecule has 0 aliphatic carbocycles. The van der Waals surface area contributed by atoms with Gasteiger partial charge in [-0.3, -0.25) is 24.0 Å². The Morgan fingerprint density at radius 2 is 1.25 bits per heavy atom. The Morgan fingerprint density at radius 1 is 0.692 bits per heavy atom. The number of aliphatic hydroxyl groups excluding tert-OH is 3. The second-order valence-electron chi connectivity index (χ2n) is 15.1. The van der Waals surface area contributed by atoms with Crippen LogP contribution in [0.4, 0.5) is 0 Å². The molecule has 52 heavy (non-hydrogen) atoms. The zero-order chi connectivity index (χ0) is 39.5. The van der Waals surface area contributed by atoms with E-state index >= 15 is 0 Å². The van der Waals surface area contributed by atoms with Crippen LogP contribution in [0.3, 0.4) is 0 Å². The third kappa shape index (κ3) is 12.9. The zero-order valence-electron chi connectivity index (χ0n) is 32.1. The molecule has 16 nitrogen and oxygen atoms in total. The quantitative estimate of drug-likeness (QED) is 0.127. The Balaban J connectivity index is 2.79. The summed E-state index contributed by atoms with van der Waals surface area (Å²) in [5.41, 5.74) is 0. The van der Waals surface area contributed by atoms with Crippen LogP contribution in [0.5, 0.6) is 0 Å². The first-order valence-corrected chi connectivity index (χ1v) is 18.1. The van der Waals surface area contributed by atoms with Crippen molar-refractivity contribution in [2.75, 3.05) is 19.8 Å². The van der Waals surface area contributed by atoms with Crippen LogP contribution in [0.15, 0.2) is 0 Å². The molecule has 0 saturated carbocycles. The van der Waals surface area contributed by atoms with E-state index < -0.39 is 116 Å². The molecule has 2 aliphatic heterocycles. The van der Waals surface area contributed by atoms with Crippen LogP contribution < -0.4 is 0 Å². The standard InChI is InChI=1S/C36H60O16/c1-11-22(10)34(44)46-17-36(52-35-31(48-26(39)13-19(4)5)29(42)28(41)23(15-37)47-35)32(49-27(40)14-20(6)7)30(50-33(43)21(8)9)24(51-36)16-45-25(38)12-18(2)3/h18-24,28-32,35,37,41-42H,11-17H2,1-10H3/t22-,23+,24+,28+,29-,30+,31+,32-,35+,36-/m0/s1. The summed E-state index contributed by atoms with van der Waals surface area (Å²) >= 11 is 0. The van der Waals surface area contributed by atoms with Gasteiger partial charge < -0.3 is 53.2 Å². The maximum absolute atomic E-state index is 13.4.